The molecule has 0 unspecified atom stereocenters. The Hall–Kier alpha value is -1.16. The Kier molecular flexibility index (Phi) is 5.08. The van der Waals surface area contributed by atoms with Gasteiger partial charge in [0.2, 0.25) is 5.88 Å². The van der Waals surface area contributed by atoms with Crippen molar-refractivity contribution in [2.45, 2.75) is 46.7 Å². The zero-order valence-electron chi connectivity index (χ0n) is 11.9. The summed E-state index contributed by atoms with van der Waals surface area (Å²) in [6, 6.07) is 1.47. The van der Waals surface area contributed by atoms with Crippen LogP contribution in [0, 0.1) is 11.7 Å². The molecule has 0 atom stereocenters. The molecule has 0 aromatic carbocycles. The third-order valence-corrected chi connectivity index (χ3v) is 2.25. The quantitative estimate of drug-likeness (QED) is 0.876. The molecule has 0 fully saturated rings. The fraction of sp³-hybridized carbons (Fsp3) is 0.643. The SMILES string of the molecule is CC(C)COc1ncc(F)cc1CNC(C)(C)C. The Morgan fingerprint density at radius 2 is 2.06 bits per heavy atom. The lowest BCUT2D eigenvalue weighted by Crippen LogP contribution is -2.35. The van der Waals surface area contributed by atoms with E-state index in [1.54, 1.807) is 0 Å². The molecule has 0 saturated heterocycles. The predicted octanol–water partition coefficient (Wildman–Crippen LogP) is 3.14. The van der Waals surface area contributed by atoms with E-state index in [1.807, 2.05) is 0 Å². The van der Waals surface area contributed by atoms with Crippen LogP contribution >= 0.6 is 0 Å². The number of pyridine rings is 1. The molecule has 1 heterocycles. The average molecular weight is 254 g/mol. The number of nitrogens with one attached hydrogen (secondary N) is 1. The molecule has 0 radical (unpaired) electrons. The van der Waals surface area contributed by atoms with Gasteiger partial charge in [0, 0.05) is 17.6 Å². The average Bonchev–Trinajstić information content (AvgIpc) is 2.23. The van der Waals surface area contributed by atoms with Crippen molar-refractivity contribution < 1.29 is 9.13 Å². The molecule has 0 aliphatic heterocycles. The molecule has 1 aromatic rings. The van der Waals surface area contributed by atoms with E-state index in [0.29, 0.717) is 24.9 Å². The van der Waals surface area contributed by atoms with Crippen LogP contribution in [0.4, 0.5) is 4.39 Å². The first-order valence-electron chi connectivity index (χ1n) is 6.30. The molecule has 0 saturated carbocycles. The van der Waals surface area contributed by atoms with Crippen molar-refractivity contribution in [3.63, 3.8) is 0 Å². The second-order valence-electron chi connectivity index (χ2n) is 5.93. The van der Waals surface area contributed by atoms with Crippen LogP contribution in [0.1, 0.15) is 40.2 Å². The summed E-state index contributed by atoms with van der Waals surface area (Å²) in [5.74, 6) is 0.597. The summed E-state index contributed by atoms with van der Waals surface area (Å²) >= 11 is 0. The summed E-state index contributed by atoms with van der Waals surface area (Å²) in [5.41, 5.74) is 0.729. The van der Waals surface area contributed by atoms with Crippen molar-refractivity contribution in [2.75, 3.05) is 6.61 Å². The van der Waals surface area contributed by atoms with Gasteiger partial charge in [0.1, 0.15) is 5.82 Å². The molecule has 18 heavy (non-hydrogen) atoms. The fourth-order valence-corrected chi connectivity index (χ4v) is 1.33. The highest BCUT2D eigenvalue weighted by Gasteiger charge is 2.13. The maximum Gasteiger partial charge on any atom is 0.218 e. The van der Waals surface area contributed by atoms with Gasteiger partial charge in [0.15, 0.2) is 0 Å². The summed E-state index contributed by atoms with van der Waals surface area (Å²) in [5, 5.41) is 3.31. The van der Waals surface area contributed by atoms with Crippen LogP contribution in [-0.4, -0.2) is 17.1 Å². The lowest BCUT2D eigenvalue weighted by atomic mass is 10.1. The van der Waals surface area contributed by atoms with Crippen LogP contribution in [0.2, 0.25) is 0 Å². The molecule has 102 valence electrons. The van der Waals surface area contributed by atoms with Crippen LogP contribution in [0.15, 0.2) is 12.3 Å². The molecular formula is C14H23FN2O. The first kappa shape index (κ1) is 14.9. The molecule has 1 aromatic heterocycles. The van der Waals surface area contributed by atoms with Gasteiger partial charge < -0.3 is 10.1 Å². The fourth-order valence-electron chi connectivity index (χ4n) is 1.33. The van der Waals surface area contributed by atoms with Crippen molar-refractivity contribution in [1.82, 2.24) is 10.3 Å². The molecule has 1 N–H and O–H groups in total. The van der Waals surface area contributed by atoms with Gasteiger partial charge in [-0.05, 0) is 32.8 Å². The van der Waals surface area contributed by atoms with E-state index < -0.39 is 0 Å². The highest BCUT2D eigenvalue weighted by molar-refractivity contribution is 5.26. The molecule has 3 nitrogen and oxygen atoms in total. The number of hydrogen-bond acceptors (Lipinski definition) is 3. The molecule has 0 aliphatic rings. The van der Waals surface area contributed by atoms with E-state index in [-0.39, 0.29) is 11.4 Å². The minimum absolute atomic E-state index is 0.0262. The van der Waals surface area contributed by atoms with Gasteiger partial charge >= 0.3 is 0 Å². The van der Waals surface area contributed by atoms with E-state index in [0.717, 1.165) is 5.56 Å². The van der Waals surface area contributed by atoms with Crippen molar-refractivity contribution >= 4 is 0 Å². The molecule has 0 bridgehead atoms. The lowest BCUT2D eigenvalue weighted by molar-refractivity contribution is 0.256. The summed E-state index contributed by atoms with van der Waals surface area (Å²) in [4.78, 5) is 4.01. The van der Waals surface area contributed by atoms with Crippen molar-refractivity contribution in [3.8, 4) is 5.88 Å². The van der Waals surface area contributed by atoms with Crippen LogP contribution in [0.5, 0.6) is 5.88 Å². The topological polar surface area (TPSA) is 34.1 Å². The molecule has 0 spiro atoms. The van der Waals surface area contributed by atoms with Crippen LogP contribution < -0.4 is 10.1 Å². The van der Waals surface area contributed by atoms with Crippen LogP contribution in [0.25, 0.3) is 0 Å². The standard InChI is InChI=1S/C14H23FN2O/c1-10(2)9-18-13-11(6-12(15)8-16-13)7-17-14(3,4)5/h6,8,10,17H,7,9H2,1-5H3. The normalized spacial score (nSPS) is 11.9. The van der Waals surface area contributed by atoms with Gasteiger partial charge in [-0.25, -0.2) is 9.37 Å². The van der Waals surface area contributed by atoms with Gasteiger partial charge in [0.05, 0.1) is 12.8 Å². The largest absolute Gasteiger partial charge is 0.477 e. The minimum atomic E-state index is -0.336. The number of halogens is 1. The Labute approximate surface area is 109 Å². The van der Waals surface area contributed by atoms with Crippen molar-refractivity contribution in [2.24, 2.45) is 5.92 Å². The monoisotopic (exact) mass is 254 g/mol. The highest BCUT2D eigenvalue weighted by atomic mass is 19.1. The Morgan fingerprint density at radius 3 is 2.61 bits per heavy atom. The second kappa shape index (κ2) is 6.14. The lowest BCUT2D eigenvalue weighted by Gasteiger charge is -2.21. The van der Waals surface area contributed by atoms with Crippen molar-refractivity contribution in [1.29, 1.82) is 0 Å². The smallest absolute Gasteiger partial charge is 0.218 e. The highest BCUT2D eigenvalue weighted by Crippen LogP contribution is 2.18. The van der Waals surface area contributed by atoms with Crippen molar-refractivity contribution in [3.05, 3.63) is 23.6 Å². The maximum atomic E-state index is 13.2. The van der Waals surface area contributed by atoms with E-state index in [1.165, 1.54) is 12.3 Å². The second-order valence-corrected chi connectivity index (χ2v) is 5.93. The van der Waals surface area contributed by atoms with Gasteiger partial charge in [0.25, 0.3) is 0 Å². The number of aromatic nitrogens is 1. The first-order valence-corrected chi connectivity index (χ1v) is 6.30. The summed E-state index contributed by atoms with van der Waals surface area (Å²) in [6.45, 7) is 11.5. The van der Waals surface area contributed by atoms with Crippen LogP contribution in [0.3, 0.4) is 0 Å². The summed E-state index contributed by atoms with van der Waals surface area (Å²) in [6.07, 6.45) is 1.19. The van der Waals surface area contributed by atoms with E-state index in [9.17, 15) is 4.39 Å². The number of nitrogens with zero attached hydrogens (tertiary/aromatic N) is 1. The number of rotatable bonds is 5. The van der Waals surface area contributed by atoms with E-state index in [2.05, 4.69) is 44.9 Å². The molecule has 0 amide bonds. The molecule has 4 heteroatoms. The van der Waals surface area contributed by atoms with Gasteiger partial charge in [-0.3, -0.25) is 0 Å². The predicted molar refractivity (Wildman–Crippen MR) is 71.1 cm³/mol. The third kappa shape index (κ3) is 5.45. The molecule has 1 rings (SSSR count). The third-order valence-electron chi connectivity index (χ3n) is 2.25. The van der Waals surface area contributed by atoms with Crippen LogP contribution in [-0.2, 0) is 6.54 Å². The summed E-state index contributed by atoms with van der Waals surface area (Å²) < 4.78 is 18.8. The Morgan fingerprint density at radius 1 is 1.39 bits per heavy atom. The van der Waals surface area contributed by atoms with Gasteiger partial charge in [-0.2, -0.15) is 0 Å². The zero-order chi connectivity index (χ0) is 13.8. The number of hydrogen-bond donors (Lipinski definition) is 1. The minimum Gasteiger partial charge on any atom is -0.477 e. The zero-order valence-corrected chi connectivity index (χ0v) is 11.9. The number of ether oxygens (including phenoxy) is 1. The van der Waals surface area contributed by atoms with Gasteiger partial charge in [-0.15, -0.1) is 0 Å². The Bertz CT molecular complexity index is 386. The van der Waals surface area contributed by atoms with E-state index >= 15 is 0 Å². The van der Waals surface area contributed by atoms with E-state index in [4.69, 9.17) is 4.74 Å². The summed E-state index contributed by atoms with van der Waals surface area (Å²) in [7, 11) is 0. The van der Waals surface area contributed by atoms with Gasteiger partial charge in [-0.1, -0.05) is 13.8 Å². The first-order chi connectivity index (χ1) is 8.28. The maximum absolute atomic E-state index is 13.2. The Balaban J connectivity index is 2.76. The molecule has 0 aliphatic carbocycles. The molecular weight excluding hydrogens is 231 g/mol.